The summed E-state index contributed by atoms with van der Waals surface area (Å²) >= 11 is 0. The molecule has 1 aliphatic rings. The lowest BCUT2D eigenvalue weighted by atomic mass is 10.1. The third-order valence-corrected chi connectivity index (χ3v) is 3.56. The molecule has 118 valence electrons. The standard InChI is InChI=1S/C16H21N3O3/c1-11(2)19(12-8-6-5-7-9-12)13(20)10-18-14(21)16(3,4)17-15(18)22/h5-9,11H,10H2,1-4H3,(H,17,22). The van der Waals surface area contributed by atoms with Crippen LogP contribution < -0.4 is 10.2 Å². The first kappa shape index (κ1) is 16.0. The highest BCUT2D eigenvalue weighted by molar-refractivity contribution is 6.10. The summed E-state index contributed by atoms with van der Waals surface area (Å²) in [5.74, 6) is -0.676. The fourth-order valence-electron chi connectivity index (χ4n) is 2.49. The van der Waals surface area contributed by atoms with E-state index in [4.69, 9.17) is 0 Å². The van der Waals surface area contributed by atoms with E-state index in [1.165, 1.54) is 0 Å². The number of urea groups is 1. The summed E-state index contributed by atoms with van der Waals surface area (Å²) in [4.78, 5) is 39.2. The number of para-hydroxylation sites is 1. The Balaban J connectivity index is 2.20. The summed E-state index contributed by atoms with van der Waals surface area (Å²) in [6, 6.07) is 8.60. The van der Waals surface area contributed by atoms with Crippen LogP contribution >= 0.6 is 0 Å². The molecule has 0 saturated carbocycles. The number of benzene rings is 1. The number of amides is 4. The molecule has 0 spiro atoms. The first-order valence-electron chi connectivity index (χ1n) is 7.25. The van der Waals surface area contributed by atoms with Crippen LogP contribution in [0.1, 0.15) is 27.7 Å². The van der Waals surface area contributed by atoms with E-state index in [2.05, 4.69) is 5.32 Å². The van der Waals surface area contributed by atoms with E-state index >= 15 is 0 Å². The fraction of sp³-hybridized carbons (Fsp3) is 0.438. The molecular formula is C16H21N3O3. The lowest BCUT2D eigenvalue weighted by Crippen LogP contribution is -2.46. The van der Waals surface area contributed by atoms with Crippen molar-refractivity contribution >= 4 is 23.5 Å². The second-order valence-corrected chi connectivity index (χ2v) is 6.14. The van der Waals surface area contributed by atoms with Gasteiger partial charge in [-0.3, -0.25) is 14.5 Å². The summed E-state index contributed by atoms with van der Waals surface area (Å²) in [6.45, 7) is 6.76. The Labute approximate surface area is 130 Å². The minimum absolute atomic E-state index is 0.0799. The Hall–Kier alpha value is -2.37. The maximum absolute atomic E-state index is 12.6. The Kier molecular flexibility index (Phi) is 4.21. The highest BCUT2D eigenvalue weighted by Gasteiger charge is 2.45. The van der Waals surface area contributed by atoms with Gasteiger partial charge in [0.1, 0.15) is 12.1 Å². The third-order valence-electron chi connectivity index (χ3n) is 3.56. The van der Waals surface area contributed by atoms with Gasteiger partial charge in [0.2, 0.25) is 5.91 Å². The molecule has 2 rings (SSSR count). The molecule has 1 fully saturated rings. The predicted octanol–water partition coefficient (Wildman–Crippen LogP) is 1.76. The zero-order valence-electron chi connectivity index (χ0n) is 13.3. The van der Waals surface area contributed by atoms with Gasteiger partial charge in [0, 0.05) is 11.7 Å². The quantitative estimate of drug-likeness (QED) is 0.862. The number of nitrogens with zero attached hydrogens (tertiary/aromatic N) is 2. The zero-order valence-corrected chi connectivity index (χ0v) is 13.3. The van der Waals surface area contributed by atoms with E-state index in [0.717, 1.165) is 10.6 Å². The molecule has 6 heteroatoms. The van der Waals surface area contributed by atoms with Gasteiger partial charge in [-0.1, -0.05) is 18.2 Å². The largest absolute Gasteiger partial charge is 0.325 e. The van der Waals surface area contributed by atoms with Crippen LogP contribution in [0.3, 0.4) is 0 Å². The maximum atomic E-state index is 12.6. The summed E-state index contributed by atoms with van der Waals surface area (Å²) in [5, 5.41) is 2.57. The summed E-state index contributed by atoms with van der Waals surface area (Å²) in [5.41, 5.74) is -0.221. The van der Waals surface area contributed by atoms with Gasteiger partial charge >= 0.3 is 6.03 Å². The molecule has 6 nitrogen and oxygen atoms in total. The number of rotatable bonds is 4. The van der Waals surface area contributed by atoms with E-state index in [9.17, 15) is 14.4 Å². The number of carbonyl (C=O) groups is 3. The normalized spacial score (nSPS) is 16.9. The maximum Gasteiger partial charge on any atom is 0.325 e. The highest BCUT2D eigenvalue weighted by atomic mass is 16.2. The number of anilines is 1. The Morgan fingerprint density at radius 2 is 1.82 bits per heavy atom. The van der Waals surface area contributed by atoms with E-state index < -0.39 is 11.6 Å². The third kappa shape index (κ3) is 2.95. The Bertz CT molecular complexity index is 596. The molecular weight excluding hydrogens is 282 g/mol. The first-order chi connectivity index (χ1) is 10.2. The topological polar surface area (TPSA) is 69.7 Å². The molecule has 1 aliphatic heterocycles. The molecule has 0 atom stereocenters. The molecule has 1 aromatic rings. The lowest BCUT2D eigenvalue weighted by molar-refractivity contribution is -0.133. The van der Waals surface area contributed by atoms with Crippen molar-refractivity contribution in [3.63, 3.8) is 0 Å². The van der Waals surface area contributed by atoms with Crippen LogP contribution in [-0.2, 0) is 9.59 Å². The lowest BCUT2D eigenvalue weighted by Gasteiger charge is -2.28. The van der Waals surface area contributed by atoms with Crippen molar-refractivity contribution in [3.8, 4) is 0 Å². The van der Waals surface area contributed by atoms with Gasteiger partial charge in [-0.05, 0) is 39.8 Å². The molecule has 1 aromatic carbocycles. The molecule has 0 aliphatic carbocycles. The molecule has 22 heavy (non-hydrogen) atoms. The van der Waals surface area contributed by atoms with Gasteiger partial charge in [-0.2, -0.15) is 0 Å². The second kappa shape index (κ2) is 5.79. The van der Waals surface area contributed by atoms with Crippen molar-refractivity contribution in [2.24, 2.45) is 0 Å². The van der Waals surface area contributed by atoms with Crippen molar-refractivity contribution in [1.29, 1.82) is 0 Å². The molecule has 1 saturated heterocycles. The van der Waals surface area contributed by atoms with Gasteiger partial charge in [0.05, 0.1) is 0 Å². The van der Waals surface area contributed by atoms with Gasteiger partial charge < -0.3 is 10.2 Å². The molecule has 1 heterocycles. The molecule has 0 aromatic heterocycles. The molecule has 1 N–H and O–H groups in total. The van der Waals surface area contributed by atoms with Crippen LogP contribution in [0.4, 0.5) is 10.5 Å². The number of nitrogens with one attached hydrogen (secondary N) is 1. The number of hydrogen-bond donors (Lipinski definition) is 1. The van der Waals surface area contributed by atoms with Crippen molar-refractivity contribution in [1.82, 2.24) is 10.2 Å². The van der Waals surface area contributed by atoms with Crippen LogP contribution in [0, 0.1) is 0 Å². The van der Waals surface area contributed by atoms with Crippen molar-refractivity contribution in [2.45, 2.75) is 39.3 Å². The number of imide groups is 1. The predicted molar refractivity (Wildman–Crippen MR) is 83.4 cm³/mol. The van der Waals surface area contributed by atoms with E-state index in [1.807, 2.05) is 44.2 Å². The van der Waals surface area contributed by atoms with Gasteiger partial charge in [0.15, 0.2) is 0 Å². The van der Waals surface area contributed by atoms with Gasteiger partial charge in [0.25, 0.3) is 5.91 Å². The summed E-state index contributed by atoms with van der Waals surface area (Å²) in [7, 11) is 0. The van der Waals surface area contributed by atoms with E-state index in [0.29, 0.717) is 0 Å². The van der Waals surface area contributed by atoms with Gasteiger partial charge in [-0.15, -0.1) is 0 Å². The van der Waals surface area contributed by atoms with Crippen LogP contribution in [-0.4, -0.2) is 40.9 Å². The minimum Gasteiger partial charge on any atom is -0.324 e. The average molecular weight is 303 g/mol. The van der Waals surface area contributed by atoms with Crippen LogP contribution in [0.15, 0.2) is 30.3 Å². The molecule has 0 bridgehead atoms. The zero-order chi connectivity index (χ0) is 16.5. The van der Waals surface area contributed by atoms with Crippen LogP contribution in [0.2, 0.25) is 0 Å². The van der Waals surface area contributed by atoms with E-state index in [1.54, 1.807) is 18.7 Å². The summed E-state index contributed by atoms with van der Waals surface area (Å²) < 4.78 is 0. The van der Waals surface area contributed by atoms with Crippen molar-refractivity contribution in [2.75, 3.05) is 11.4 Å². The molecule has 0 radical (unpaired) electrons. The van der Waals surface area contributed by atoms with Crippen LogP contribution in [0.25, 0.3) is 0 Å². The fourth-order valence-corrected chi connectivity index (χ4v) is 2.49. The van der Waals surface area contributed by atoms with Gasteiger partial charge in [-0.25, -0.2) is 4.79 Å². The molecule has 0 unspecified atom stereocenters. The Morgan fingerprint density at radius 3 is 2.27 bits per heavy atom. The summed E-state index contributed by atoms with van der Waals surface area (Å²) in [6.07, 6.45) is 0. The van der Waals surface area contributed by atoms with Crippen molar-refractivity contribution in [3.05, 3.63) is 30.3 Å². The highest BCUT2D eigenvalue weighted by Crippen LogP contribution is 2.20. The average Bonchev–Trinajstić information content (AvgIpc) is 2.62. The monoisotopic (exact) mass is 303 g/mol. The molecule has 4 amide bonds. The van der Waals surface area contributed by atoms with Crippen molar-refractivity contribution < 1.29 is 14.4 Å². The second-order valence-electron chi connectivity index (χ2n) is 6.14. The minimum atomic E-state index is -0.966. The Morgan fingerprint density at radius 1 is 1.23 bits per heavy atom. The number of carbonyl (C=O) groups excluding carboxylic acids is 3. The SMILES string of the molecule is CC(C)N(C(=O)CN1C(=O)NC(C)(C)C1=O)c1ccccc1. The first-order valence-corrected chi connectivity index (χ1v) is 7.25. The van der Waals surface area contributed by atoms with E-state index in [-0.39, 0.29) is 24.4 Å². The number of hydrogen-bond acceptors (Lipinski definition) is 3. The van der Waals surface area contributed by atoms with Crippen LogP contribution in [0.5, 0.6) is 0 Å². The smallest absolute Gasteiger partial charge is 0.324 e.